The van der Waals surface area contributed by atoms with Crippen molar-refractivity contribution < 1.29 is 5.11 Å². The SMILES string of the molecule is OC(c1ccccc1)C1CC(c2ccccc2)CCN1. The zero-order valence-corrected chi connectivity index (χ0v) is 11.6. The predicted molar refractivity (Wildman–Crippen MR) is 81.6 cm³/mol. The monoisotopic (exact) mass is 267 g/mol. The molecule has 2 aromatic rings. The number of benzene rings is 2. The number of aliphatic hydroxyl groups excluding tert-OH is 1. The van der Waals surface area contributed by atoms with Crippen LogP contribution in [0.4, 0.5) is 0 Å². The minimum Gasteiger partial charge on any atom is -0.387 e. The molecule has 2 nitrogen and oxygen atoms in total. The standard InChI is InChI=1S/C18H21NO/c20-18(15-9-5-2-6-10-15)17-13-16(11-12-19-17)14-7-3-1-4-8-14/h1-10,16-20H,11-13H2. The van der Waals surface area contributed by atoms with E-state index in [1.54, 1.807) is 0 Å². The Kier molecular flexibility index (Phi) is 4.14. The number of rotatable bonds is 3. The highest BCUT2D eigenvalue weighted by atomic mass is 16.3. The molecule has 0 radical (unpaired) electrons. The third-order valence-electron chi connectivity index (χ3n) is 4.23. The Hall–Kier alpha value is -1.64. The van der Waals surface area contributed by atoms with Gasteiger partial charge < -0.3 is 10.4 Å². The van der Waals surface area contributed by atoms with Gasteiger partial charge in [0.1, 0.15) is 0 Å². The Morgan fingerprint density at radius 2 is 1.60 bits per heavy atom. The first-order valence-electron chi connectivity index (χ1n) is 7.36. The first kappa shape index (κ1) is 13.3. The molecule has 2 heteroatoms. The molecular formula is C18H21NO. The Bertz CT molecular complexity index is 488. The molecule has 1 saturated heterocycles. The minimum absolute atomic E-state index is 0.136. The highest BCUT2D eigenvalue weighted by Crippen LogP contribution is 2.32. The lowest BCUT2D eigenvalue weighted by atomic mass is 9.83. The molecule has 1 fully saturated rings. The lowest BCUT2D eigenvalue weighted by Gasteiger charge is -2.33. The van der Waals surface area contributed by atoms with Crippen molar-refractivity contribution in [3.8, 4) is 0 Å². The maximum Gasteiger partial charge on any atom is 0.0943 e. The molecule has 2 aromatic carbocycles. The van der Waals surface area contributed by atoms with E-state index < -0.39 is 6.10 Å². The lowest BCUT2D eigenvalue weighted by molar-refractivity contribution is 0.108. The summed E-state index contributed by atoms with van der Waals surface area (Å²) in [6.07, 6.45) is 1.70. The van der Waals surface area contributed by atoms with E-state index in [4.69, 9.17) is 0 Å². The summed E-state index contributed by atoms with van der Waals surface area (Å²) in [7, 11) is 0. The van der Waals surface area contributed by atoms with Gasteiger partial charge in [-0.05, 0) is 36.4 Å². The Morgan fingerprint density at radius 3 is 2.30 bits per heavy atom. The van der Waals surface area contributed by atoms with Gasteiger partial charge in [0.15, 0.2) is 0 Å². The molecule has 0 amide bonds. The number of hydrogen-bond acceptors (Lipinski definition) is 2. The van der Waals surface area contributed by atoms with Crippen LogP contribution in [0.1, 0.15) is 36.0 Å². The molecule has 3 rings (SSSR count). The maximum absolute atomic E-state index is 10.5. The van der Waals surface area contributed by atoms with Crippen molar-refractivity contribution in [1.82, 2.24) is 5.32 Å². The number of nitrogens with one attached hydrogen (secondary N) is 1. The molecule has 104 valence electrons. The summed E-state index contributed by atoms with van der Waals surface area (Å²) < 4.78 is 0. The lowest BCUT2D eigenvalue weighted by Crippen LogP contribution is -2.41. The molecule has 0 bridgehead atoms. The quantitative estimate of drug-likeness (QED) is 0.894. The van der Waals surface area contributed by atoms with Gasteiger partial charge in [-0.2, -0.15) is 0 Å². The Labute approximate surface area is 120 Å². The van der Waals surface area contributed by atoms with E-state index in [1.165, 1.54) is 5.56 Å². The van der Waals surface area contributed by atoms with Crippen molar-refractivity contribution in [2.24, 2.45) is 0 Å². The third-order valence-corrected chi connectivity index (χ3v) is 4.23. The van der Waals surface area contributed by atoms with E-state index in [0.717, 1.165) is 24.9 Å². The third kappa shape index (κ3) is 2.92. The van der Waals surface area contributed by atoms with E-state index >= 15 is 0 Å². The van der Waals surface area contributed by atoms with Crippen LogP contribution in [0, 0.1) is 0 Å². The van der Waals surface area contributed by atoms with Crippen LogP contribution in [0.3, 0.4) is 0 Å². The molecule has 3 unspecified atom stereocenters. The van der Waals surface area contributed by atoms with E-state index in [2.05, 4.69) is 35.6 Å². The molecule has 3 atom stereocenters. The van der Waals surface area contributed by atoms with Gasteiger partial charge in [-0.1, -0.05) is 60.7 Å². The Morgan fingerprint density at radius 1 is 0.950 bits per heavy atom. The van der Waals surface area contributed by atoms with E-state index in [1.807, 2.05) is 30.3 Å². The van der Waals surface area contributed by atoms with Gasteiger partial charge in [0.25, 0.3) is 0 Å². The highest BCUT2D eigenvalue weighted by Gasteiger charge is 2.28. The van der Waals surface area contributed by atoms with Crippen LogP contribution in [0.5, 0.6) is 0 Å². The van der Waals surface area contributed by atoms with Crippen molar-refractivity contribution in [2.45, 2.75) is 30.9 Å². The number of aliphatic hydroxyl groups is 1. The van der Waals surface area contributed by atoms with Crippen LogP contribution in [0.15, 0.2) is 60.7 Å². The summed E-state index contributed by atoms with van der Waals surface area (Å²) in [6.45, 7) is 0.966. The van der Waals surface area contributed by atoms with Crippen LogP contribution in [-0.4, -0.2) is 17.7 Å². The van der Waals surface area contributed by atoms with Gasteiger partial charge >= 0.3 is 0 Å². The van der Waals surface area contributed by atoms with Crippen LogP contribution in [-0.2, 0) is 0 Å². The normalized spacial score (nSPS) is 24.2. The molecule has 0 aliphatic carbocycles. The van der Waals surface area contributed by atoms with E-state index in [9.17, 15) is 5.11 Å². The molecule has 20 heavy (non-hydrogen) atoms. The molecule has 0 spiro atoms. The first-order valence-corrected chi connectivity index (χ1v) is 7.36. The summed E-state index contributed by atoms with van der Waals surface area (Å²) in [6, 6.07) is 20.7. The summed E-state index contributed by atoms with van der Waals surface area (Å²) in [5.74, 6) is 0.542. The molecule has 0 saturated carbocycles. The number of hydrogen-bond donors (Lipinski definition) is 2. The van der Waals surface area contributed by atoms with Crippen molar-refractivity contribution in [1.29, 1.82) is 0 Å². The molecule has 2 N–H and O–H groups in total. The molecular weight excluding hydrogens is 246 g/mol. The molecule has 0 aromatic heterocycles. The van der Waals surface area contributed by atoms with Crippen LogP contribution >= 0.6 is 0 Å². The second kappa shape index (κ2) is 6.21. The largest absolute Gasteiger partial charge is 0.387 e. The van der Waals surface area contributed by atoms with Gasteiger partial charge in [-0.15, -0.1) is 0 Å². The summed E-state index contributed by atoms with van der Waals surface area (Å²) in [5.41, 5.74) is 2.39. The molecule has 1 aliphatic heterocycles. The summed E-state index contributed by atoms with van der Waals surface area (Å²) in [5, 5.41) is 14.0. The minimum atomic E-state index is -0.428. The zero-order chi connectivity index (χ0) is 13.8. The first-order chi connectivity index (χ1) is 9.84. The zero-order valence-electron chi connectivity index (χ0n) is 11.6. The summed E-state index contributed by atoms with van der Waals surface area (Å²) in [4.78, 5) is 0. The van der Waals surface area contributed by atoms with Gasteiger partial charge in [0.2, 0.25) is 0 Å². The highest BCUT2D eigenvalue weighted by molar-refractivity contribution is 5.23. The van der Waals surface area contributed by atoms with Crippen molar-refractivity contribution in [3.05, 3.63) is 71.8 Å². The summed E-state index contributed by atoms with van der Waals surface area (Å²) >= 11 is 0. The second-order valence-corrected chi connectivity index (χ2v) is 5.55. The average Bonchev–Trinajstić information content (AvgIpc) is 2.56. The van der Waals surface area contributed by atoms with Crippen molar-refractivity contribution in [2.75, 3.05) is 6.54 Å². The average molecular weight is 267 g/mol. The van der Waals surface area contributed by atoms with E-state index in [-0.39, 0.29) is 6.04 Å². The molecule has 1 aliphatic rings. The number of piperidine rings is 1. The molecule has 1 heterocycles. The van der Waals surface area contributed by atoms with Gasteiger partial charge in [0.05, 0.1) is 6.10 Å². The topological polar surface area (TPSA) is 32.3 Å². The van der Waals surface area contributed by atoms with Crippen LogP contribution in [0.2, 0.25) is 0 Å². The van der Waals surface area contributed by atoms with E-state index in [0.29, 0.717) is 5.92 Å². The van der Waals surface area contributed by atoms with Crippen molar-refractivity contribution in [3.63, 3.8) is 0 Å². The maximum atomic E-state index is 10.5. The van der Waals surface area contributed by atoms with Crippen LogP contribution in [0.25, 0.3) is 0 Å². The predicted octanol–water partition coefficient (Wildman–Crippen LogP) is 3.26. The fourth-order valence-electron chi connectivity index (χ4n) is 3.10. The van der Waals surface area contributed by atoms with Crippen molar-refractivity contribution >= 4 is 0 Å². The van der Waals surface area contributed by atoms with Gasteiger partial charge in [-0.3, -0.25) is 0 Å². The van der Waals surface area contributed by atoms with Gasteiger partial charge in [0, 0.05) is 6.04 Å². The fourth-order valence-corrected chi connectivity index (χ4v) is 3.10. The Balaban J connectivity index is 1.72. The van der Waals surface area contributed by atoms with Gasteiger partial charge in [-0.25, -0.2) is 0 Å². The fraction of sp³-hybridized carbons (Fsp3) is 0.333. The van der Waals surface area contributed by atoms with Crippen LogP contribution < -0.4 is 5.32 Å². The second-order valence-electron chi connectivity index (χ2n) is 5.55. The smallest absolute Gasteiger partial charge is 0.0943 e.